The molecule has 0 bridgehead atoms. The first-order valence-electron chi connectivity index (χ1n) is 6.23. The molecular weight excluding hydrogens is 252 g/mol. The molecule has 1 N–H and O–H groups in total. The third-order valence-corrected chi connectivity index (χ3v) is 5.19. The fourth-order valence-corrected chi connectivity index (χ4v) is 3.85. The average Bonchev–Trinajstić information content (AvgIpc) is 2.71. The van der Waals surface area contributed by atoms with Gasteiger partial charge in [-0.25, -0.2) is 13.4 Å². The van der Waals surface area contributed by atoms with E-state index in [0.29, 0.717) is 19.6 Å². The van der Waals surface area contributed by atoms with E-state index in [4.69, 9.17) is 0 Å². The van der Waals surface area contributed by atoms with Gasteiger partial charge in [-0.15, -0.1) is 0 Å². The SMILES string of the molecule is CCn1cc(S(=O)(=O)N2CCNC[C@H]2C)nc1C. The minimum atomic E-state index is -3.46. The van der Waals surface area contributed by atoms with Gasteiger partial charge >= 0.3 is 0 Å². The number of aryl methyl sites for hydroxylation is 2. The summed E-state index contributed by atoms with van der Waals surface area (Å²) in [7, 11) is -3.46. The van der Waals surface area contributed by atoms with E-state index in [-0.39, 0.29) is 11.1 Å². The lowest BCUT2D eigenvalue weighted by Gasteiger charge is -2.32. The molecule has 0 saturated carbocycles. The molecule has 7 heteroatoms. The van der Waals surface area contributed by atoms with Gasteiger partial charge in [0.15, 0.2) is 5.03 Å². The van der Waals surface area contributed by atoms with E-state index >= 15 is 0 Å². The Balaban J connectivity index is 2.34. The predicted octanol–water partition coefficient (Wildman–Crippen LogP) is 0.194. The van der Waals surface area contributed by atoms with E-state index in [1.54, 1.807) is 6.20 Å². The van der Waals surface area contributed by atoms with Gasteiger partial charge in [0.1, 0.15) is 5.82 Å². The lowest BCUT2D eigenvalue weighted by molar-refractivity contribution is 0.283. The highest BCUT2D eigenvalue weighted by molar-refractivity contribution is 7.89. The van der Waals surface area contributed by atoms with Crippen molar-refractivity contribution < 1.29 is 8.42 Å². The second kappa shape index (κ2) is 4.99. The number of piperazine rings is 1. The van der Waals surface area contributed by atoms with Crippen LogP contribution in [0.25, 0.3) is 0 Å². The monoisotopic (exact) mass is 272 g/mol. The van der Waals surface area contributed by atoms with Crippen LogP contribution in [0.3, 0.4) is 0 Å². The number of nitrogens with zero attached hydrogens (tertiary/aromatic N) is 3. The molecule has 0 unspecified atom stereocenters. The topological polar surface area (TPSA) is 67.2 Å². The molecule has 0 aliphatic carbocycles. The van der Waals surface area contributed by atoms with Crippen LogP contribution in [0, 0.1) is 6.92 Å². The van der Waals surface area contributed by atoms with Crippen LogP contribution < -0.4 is 5.32 Å². The molecule has 18 heavy (non-hydrogen) atoms. The predicted molar refractivity (Wildman–Crippen MR) is 68.9 cm³/mol. The van der Waals surface area contributed by atoms with Gasteiger partial charge in [-0.2, -0.15) is 4.31 Å². The summed E-state index contributed by atoms with van der Waals surface area (Å²) in [5.41, 5.74) is 0. The zero-order valence-electron chi connectivity index (χ0n) is 11.0. The third kappa shape index (κ3) is 2.30. The van der Waals surface area contributed by atoms with E-state index in [1.807, 2.05) is 25.3 Å². The standard InChI is InChI=1S/C11H20N4O2S/c1-4-14-8-11(13-10(14)3)18(16,17)15-6-5-12-7-9(15)2/h8-9,12H,4-7H2,1-3H3/t9-/m1/s1. The highest BCUT2D eigenvalue weighted by Crippen LogP contribution is 2.18. The summed E-state index contributed by atoms with van der Waals surface area (Å²) in [5.74, 6) is 0.735. The Labute approximate surface area is 108 Å². The van der Waals surface area contributed by atoms with Crippen molar-refractivity contribution in [3.63, 3.8) is 0 Å². The smallest absolute Gasteiger partial charge is 0.262 e. The second-order valence-corrected chi connectivity index (χ2v) is 6.42. The molecule has 1 aliphatic rings. The molecule has 1 saturated heterocycles. The largest absolute Gasteiger partial charge is 0.334 e. The van der Waals surface area contributed by atoms with Crippen LogP contribution in [0.15, 0.2) is 11.2 Å². The molecule has 1 fully saturated rings. The first-order chi connectivity index (χ1) is 8.46. The van der Waals surface area contributed by atoms with Crippen molar-refractivity contribution in [2.45, 2.75) is 38.4 Å². The highest BCUT2D eigenvalue weighted by atomic mass is 32.2. The van der Waals surface area contributed by atoms with Gasteiger partial charge in [0.25, 0.3) is 10.0 Å². The third-order valence-electron chi connectivity index (χ3n) is 3.31. The van der Waals surface area contributed by atoms with Crippen molar-refractivity contribution >= 4 is 10.0 Å². The Bertz CT molecular complexity index is 523. The summed E-state index contributed by atoms with van der Waals surface area (Å²) >= 11 is 0. The Morgan fingerprint density at radius 1 is 1.56 bits per heavy atom. The quantitative estimate of drug-likeness (QED) is 0.853. The van der Waals surface area contributed by atoms with Crippen molar-refractivity contribution in [2.24, 2.45) is 0 Å². The summed E-state index contributed by atoms with van der Waals surface area (Å²) in [5, 5.41) is 3.35. The fourth-order valence-electron chi connectivity index (χ4n) is 2.22. The van der Waals surface area contributed by atoms with E-state index < -0.39 is 10.0 Å². The molecule has 0 radical (unpaired) electrons. The summed E-state index contributed by atoms with van der Waals surface area (Å²) in [4.78, 5) is 4.18. The van der Waals surface area contributed by atoms with Crippen LogP contribution in [-0.2, 0) is 16.6 Å². The number of aromatic nitrogens is 2. The molecular formula is C11H20N4O2S. The van der Waals surface area contributed by atoms with Crippen molar-refractivity contribution in [1.82, 2.24) is 19.2 Å². The van der Waals surface area contributed by atoms with Crippen LogP contribution in [-0.4, -0.2) is 48.0 Å². The molecule has 2 rings (SSSR count). The molecule has 1 aromatic heterocycles. The molecule has 6 nitrogen and oxygen atoms in total. The first kappa shape index (κ1) is 13.5. The van der Waals surface area contributed by atoms with Gasteiger partial charge in [0, 0.05) is 38.4 Å². The lowest BCUT2D eigenvalue weighted by Crippen LogP contribution is -2.52. The number of sulfonamides is 1. The fraction of sp³-hybridized carbons (Fsp3) is 0.727. The molecule has 102 valence electrons. The molecule has 1 atom stereocenters. The molecule has 1 aliphatic heterocycles. The van der Waals surface area contributed by atoms with E-state index in [9.17, 15) is 8.42 Å². The molecule has 0 amide bonds. The van der Waals surface area contributed by atoms with Crippen molar-refractivity contribution in [3.05, 3.63) is 12.0 Å². The maximum atomic E-state index is 12.5. The second-order valence-electron chi connectivity index (χ2n) is 4.58. The zero-order valence-corrected chi connectivity index (χ0v) is 11.9. The van der Waals surface area contributed by atoms with Crippen LogP contribution in [0.4, 0.5) is 0 Å². The van der Waals surface area contributed by atoms with E-state index in [2.05, 4.69) is 10.3 Å². The summed E-state index contributed by atoms with van der Waals surface area (Å²) < 4.78 is 28.4. The molecule has 2 heterocycles. The van der Waals surface area contributed by atoms with Crippen LogP contribution in [0.1, 0.15) is 19.7 Å². The summed E-state index contributed by atoms with van der Waals surface area (Å²) in [6, 6.07) is -0.0316. The Hall–Kier alpha value is -0.920. The van der Waals surface area contributed by atoms with Gasteiger partial charge < -0.3 is 9.88 Å². The van der Waals surface area contributed by atoms with Gasteiger partial charge in [0.2, 0.25) is 0 Å². The number of hydrogen-bond acceptors (Lipinski definition) is 4. The Morgan fingerprint density at radius 3 is 2.83 bits per heavy atom. The maximum Gasteiger partial charge on any atom is 0.262 e. The highest BCUT2D eigenvalue weighted by Gasteiger charge is 2.32. The van der Waals surface area contributed by atoms with Crippen LogP contribution in [0.2, 0.25) is 0 Å². The van der Waals surface area contributed by atoms with Gasteiger partial charge in [-0.1, -0.05) is 0 Å². The van der Waals surface area contributed by atoms with E-state index in [1.165, 1.54) is 4.31 Å². The van der Waals surface area contributed by atoms with E-state index in [0.717, 1.165) is 12.4 Å². The minimum absolute atomic E-state index is 0.0316. The van der Waals surface area contributed by atoms with Gasteiger partial charge in [-0.05, 0) is 20.8 Å². The number of hydrogen-bond donors (Lipinski definition) is 1. The molecule has 0 spiro atoms. The zero-order chi connectivity index (χ0) is 13.3. The summed E-state index contributed by atoms with van der Waals surface area (Å²) in [6.45, 7) is 8.31. The van der Waals surface area contributed by atoms with Crippen molar-refractivity contribution in [3.8, 4) is 0 Å². The van der Waals surface area contributed by atoms with Gasteiger partial charge in [-0.3, -0.25) is 0 Å². The molecule has 0 aromatic carbocycles. The number of imidazole rings is 1. The maximum absolute atomic E-state index is 12.5. The van der Waals surface area contributed by atoms with Crippen molar-refractivity contribution in [1.29, 1.82) is 0 Å². The van der Waals surface area contributed by atoms with Crippen molar-refractivity contribution in [2.75, 3.05) is 19.6 Å². The summed E-state index contributed by atoms with van der Waals surface area (Å²) in [6.07, 6.45) is 1.62. The molecule has 1 aromatic rings. The number of nitrogens with one attached hydrogen (secondary N) is 1. The Kier molecular flexibility index (Phi) is 3.74. The average molecular weight is 272 g/mol. The first-order valence-corrected chi connectivity index (χ1v) is 7.67. The number of rotatable bonds is 3. The van der Waals surface area contributed by atoms with Crippen LogP contribution in [0.5, 0.6) is 0 Å². The lowest BCUT2D eigenvalue weighted by atomic mass is 10.3. The van der Waals surface area contributed by atoms with Crippen LogP contribution >= 0.6 is 0 Å². The van der Waals surface area contributed by atoms with Gasteiger partial charge in [0.05, 0.1) is 0 Å². The Morgan fingerprint density at radius 2 is 2.28 bits per heavy atom. The normalized spacial score (nSPS) is 22.3. The minimum Gasteiger partial charge on any atom is -0.334 e.